The van der Waals surface area contributed by atoms with E-state index in [4.69, 9.17) is 4.74 Å². The molecule has 21 heavy (non-hydrogen) atoms. The molecule has 3 atom stereocenters. The van der Waals surface area contributed by atoms with Crippen molar-refractivity contribution in [2.24, 2.45) is 17.8 Å². The first-order valence-corrected chi connectivity index (χ1v) is 8.04. The maximum absolute atomic E-state index is 5.53. The van der Waals surface area contributed by atoms with Gasteiger partial charge in [0, 0.05) is 11.4 Å². The van der Waals surface area contributed by atoms with Crippen LogP contribution < -0.4 is 10.1 Å². The van der Waals surface area contributed by atoms with Crippen LogP contribution in [0.2, 0.25) is 0 Å². The number of hydrogen-bond donors (Lipinski definition) is 1. The van der Waals surface area contributed by atoms with Crippen molar-refractivity contribution in [2.75, 3.05) is 14.2 Å². The Morgan fingerprint density at radius 2 is 1.71 bits per heavy atom. The van der Waals surface area contributed by atoms with Gasteiger partial charge >= 0.3 is 0 Å². The second-order valence-electron chi connectivity index (χ2n) is 6.66. The number of rotatable bonds is 4. The van der Waals surface area contributed by atoms with Gasteiger partial charge in [0.25, 0.3) is 0 Å². The summed E-state index contributed by atoms with van der Waals surface area (Å²) in [6.45, 7) is 0. The summed E-state index contributed by atoms with van der Waals surface area (Å²) in [5.41, 5.74) is 1.43. The lowest BCUT2D eigenvalue weighted by molar-refractivity contribution is 0.361. The SMILES string of the molecule is CNC(c1ccc(OC)c2ccccc12)C1CC2CC2C1. The van der Waals surface area contributed by atoms with Gasteiger partial charge in [-0.05, 0) is 61.1 Å². The van der Waals surface area contributed by atoms with Crippen molar-refractivity contribution in [3.8, 4) is 5.75 Å². The summed E-state index contributed by atoms with van der Waals surface area (Å²) < 4.78 is 5.53. The Balaban J connectivity index is 1.77. The average molecular weight is 281 g/mol. The molecule has 2 fully saturated rings. The van der Waals surface area contributed by atoms with Crippen LogP contribution in [-0.2, 0) is 0 Å². The van der Waals surface area contributed by atoms with E-state index < -0.39 is 0 Å². The fraction of sp³-hybridized carbons (Fsp3) is 0.474. The number of methoxy groups -OCH3 is 1. The van der Waals surface area contributed by atoms with E-state index in [0.29, 0.717) is 6.04 Å². The first kappa shape index (κ1) is 13.1. The highest BCUT2D eigenvalue weighted by Crippen LogP contribution is 2.57. The van der Waals surface area contributed by atoms with Gasteiger partial charge in [0.1, 0.15) is 5.75 Å². The van der Waals surface area contributed by atoms with Crippen molar-refractivity contribution >= 4 is 10.8 Å². The third-order valence-electron chi connectivity index (χ3n) is 5.54. The Kier molecular flexibility index (Phi) is 3.15. The lowest BCUT2D eigenvalue weighted by atomic mass is 9.86. The second kappa shape index (κ2) is 5.03. The molecule has 0 heterocycles. The second-order valence-corrected chi connectivity index (χ2v) is 6.66. The molecule has 2 heteroatoms. The zero-order valence-corrected chi connectivity index (χ0v) is 12.8. The van der Waals surface area contributed by atoms with Crippen molar-refractivity contribution in [1.82, 2.24) is 5.32 Å². The molecule has 2 aromatic rings. The Morgan fingerprint density at radius 3 is 2.38 bits per heavy atom. The topological polar surface area (TPSA) is 21.3 Å². The van der Waals surface area contributed by atoms with Crippen LogP contribution in [0.5, 0.6) is 5.75 Å². The number of fused-ring (bicyclic) bond motifs is 2. The zero-order chi connectivity index (χ0) is 14.4. The third-order valence-corrected chi connectivity index (χ3v) is 5.54. The van der Waals surface area contributed by atoms with Crippen LogP contribution in [0, 0.1) is 17.8 Å². The molecular formula is C19H23NO. The van der Waals surface area contributed by atoms with Crippen LogP contribution in [0.4, 0.5) is 0 Å². The Bertz CT molecular complexity index is 656. The minimum atomic E-state index is 0.466. The van der Waals surface area contributed by atoms with Crippen molar-refractivity contribution < 1.29 is 4.74 Å². The maximum Gasteiger partial charge on any atom is 0.126 e. The molecule has 0 bridgehead atoms. The smallest absolute Gasteiger partial charge is 0.126 e. The molecule has 2 aromatic carbocycles. The van der Waals surface area contributed by atoms with E-state index in [0.717, 1.165) is 23.5 Å². The molecule has 4 rings (SSSR count). The zero-order valence-electron chi connectivity index (χ0n) is 12.8. The summed E-state index contributed by atoms with van der Waals surface area (Å²) in [4.78, 5) is 0. The molecule has 2 aliphatic rings. The van der Waals surface area contributed by atoms with Crippen LogP contribution in [0.1, 0.15) is 30.9 Å². The highest BCUT2D eigenvalue weighted by Gasteiger charge is 2.48. The van der Waals surface area contributed by atoms with Gasteiger partial charge in [-0.2, -0.15) is 0 Å². The van der Waals surface area contributed by atoms with Crippen LogP contribution in [-0.4, -0.2) is 14.2 Å². The molecule has 2 aliphatic carbocycles. The molecular weight excluding hydrogens is 258 g/mol. The first-order valence-electron chi connectivity index (χ1n) is 8.04. The number of nitrogens with one attached hydrogen (secondary N) is 1. The minimum Gasteiger partial charge on any atom is -0.496 e. The highest BCUT2D eigenvalue weighted by atomic mass is 16.5. The monoisotopic (exact) mass is 281 g/mol. The average Bonchev–Trinajstić information content (AvgIpc) is 3.14. The molecule has 0 radical (unpaired) electrons. The molecule has 0 aliphatic heterocycles. The van der Waals surface area contributed by atoms with Crippen LogP contribution in [0.3, 0.4) is 0 Å². The Morgan fingerprint density at radius 1 is 1.00 bits per heavy atom. The van der Waals surface area contributed by atoms with E-state index in [9.17, 15) is 0 Å². The van der Waals surface area contributed by atoms with Gasteiger partial charge < -0.3 is 10.1 Å². The predicted octanol–water partition coefficient (Wildman–Crippen LogP) is 4.16. The summed E-state index contributed by atoms with van der Waals surface area (Å²) in [5.74, 6) is 3.81. The molecule has 0 saturated heterocycles. The van der Waals surface area contributed by atoms with Gasteiger partial charge in [-0.15, -0.1) is 0 Å². The quantitative estimate of drug-likeness (QED) is 0.908. The fourth-order valence-electron chi connectivity index (χ4n) is 4.42. The largest absolute Gasteiger partial charge is 0.496 e. The summed E-state index contributed by atoms with van der Waals surface area (Å²) >= 11 is 0. The van der Waals surface area contributed by atoms with Gasteiger partial charge in [0.15, 0.2) is 0 Å². The highest BCUT2D eigenvalue weighted by molar-refractivity contribution is 5.91. The number of hydrogen-bond acceptors (Lipinski definition) is 2. The van der Waals surface area contributed by atoms with Crippen molar-refractivity contribution in [3.05, 3.63) is 42.0 Å². The van der Waals surface area contributed by atoms with Crippen LogP contribution >= 0.6 is 0 Å². The molecule has 0 amide bonds. The van der Waals surface area contributed by atoms with Gasteiger partial charge in [-0.1, -0.05) is 30.3 Å². The standard InChI is InChI=1S/C19H23NO/c1-20-19(14-10-12-9-13(12)11-14)17-7-8-18(21-2)16-6-4-3-5-15(16)17/h3-8,12-14,19-20H,9-11H2,1-2H3. The van der Waals surface area contributed by atoms with Gasteiger partial charge in [-0.25, -0.2) is 0 Å². The lowest BCUT2D eigenvalue weighted by Gasteiger charge is -2.26. The fourth-order valence-corrected chi connectivity index (χ4v) is 4.42. The Hall–Kier alpha value is -1.54. The maximum atomic E-state index is 5.53. The normalized spacial score (nSPS) is 28.4. The molecule has 110 valence electrons. The summed E-state index contributed by atoms with van der Waals surface area (Å²) in [7, 11) is 3.86. The van der Waals surface area contributed by atoms with E-state index in [1.165, 1.54) is 35.6 Å². The Labute approximate surface area is 126 Å². The van der Waals surface area contributed by atoms with Crippen LogP contribution in [0.25, 0.3) is 10.8 Å². The molecule has 0 aromatic heterocycles. The molecule has 3 unspecified atom stereocenters. The van der Waals surface area contributed by atoms with Crippen molar-refractivity contribution in [3.63, 3.8) is 0 Å². The van der Waals surface area contributed by atoms with E-state index in [2.05, 4.69) is 48.8 Å². The van der Waals surface area contributed by atoms with E-state index in [1.807, 2.05) is 0 Å². The van der Waals surface area contributed by atoms with Crippen molar-refractivity contribution in [2.45, 2.75) is 25.3 Å². The number of benzene rings is 2. The summed E-state index contributed by atoms with van der Waals surface area (Å²) in [5, 5.41) is 6.14. The number of ether oxygens (including phenoxy) is 1. The van der Waals surface area contributed by atoms with Crippen LogP contribution in [0.15, 0.2) is 36.4 Å². The minimum absolute atomic E-state index is 0.466. The summed E-state index contributed by atoms with van der Waals surface area (Å²) in [6, 6.07) is 13.5. The molecule has 1 N–H and O–H groups in total. The summed E-state index contributed by atoms with van der Waals surface area (Å²) in [6.07, 6.45) is 4.28. The van der Waals surface area contributed by atoms with E-state index >= 15 is 0 Å². The third kappa shape index (κ3) is 2.13. The van der Waals surface area contributed by atoms with Gasteiger partial charge in [-0.3, -0.25) is 0 Å². The lowest BCUT2D eigenvalue weighted by Crippen LogP contribution is -2.24. The van der Waals surface area contributed by atoms with Gasteiger partial charge in [0.05, 0.1) is 7.11 Å². The first-order chi connectivity index (χ1) is 10.3. The van der Waals surface area contributed by atoms with E-state index in [-0.39, 0.29) is 0 Å². The van der Waals surface area contributed by atoms with Gasteiger partial charge in [0.2, 0.25) is 0 Å². The molecule has 2 nitrogen and oxygen atoms in total. The predicted molar refractivity (Wildman–Crippen MR) is 86.6 cm³/mol. The van der Waals surface area contributed by atoms with E-state index in [1.54, 1.807) is 7.11 Å². The van der Waals surface area contributed by atoms with Crippen molar-refractivity contribution in [1.29, 1.82) is 0 Å². The molecule has 0 spiro atoms. The molecule has 2 saturated carbocycles.